The van der Waals surface area contributed by atoms with E-state index >= 15 is 0 Å². The normalized spacial score (nSPS) is 14.4. The van der Waals surface area contributed by atoms with Crippen LogP contribution >= 0.6 is 0 Å². The van der Waals surface area contributed by atoms with E-state index in [0.29, 0.717) is 5.65 Å². The Morgan fingerprint density at radius 2 is 2.19 bits per heavy atom. The number of nitrogens with one attached hydrogen (secondary N) is 1. The van der Waals surface area contributed by atoms with Crippen LogP contribution in [0, 0.1) is 0 Å². The van der Waals surface area contributed by atoms with Gasteiger partial charge in [-0.15, -0.1) is 0 Å². The number of anilines is 2. The molecule has 3 aromatic rings. The van der Waals surface area contributed by atoms with Gasteiger partial charge in [0.05, 0.1) is 6.20 Å². The fourth-order valence-corrected chi connectivity index (χ4v) is 2.89. The predicted molar refractivity (Wildman–Crippen MR) is 83.1 cm³/mol. The zero-order valence-electron chi connectivity index (χ0n) is 11.8. The third kappa shape index (κ3) is 1.99. The number of hydrogen-bond acceptors (Lipinski definition) is 5. The highest BCUT2D eigenvalue weighted by Crippen LogP contribution is 2.30. The molecule has 1 aliphatic heterocycles. The van der Waals surface area contributed by atoms with Gasteiger partial charge in [-0.25, -0.2) is 9.97 Å². The zero-order chi connectivity index (χ0) is 14.4. The smallest absolute Gasteiger partial charge is 0.222 e. The molecule has 0 spiro atoms. The van der Waals surface area contributed by atoms with Crippen molar-refractivity contribution in [1.82, 2.24) is 19.9 Å². The lowest BCUT2D eigenvalue weighted by Gasteiger charge is -2.27. The minimum absolute atomic E-state index is 0.243. The van der Waals surface area contributed by atoms with Gasteiger partial charge in [-0.2, -0.15) is 4.98 Å². The molecule has 1 aliphatic rings. The molecule has 1 aromatic carbocycles. The van der Waals surface area contributed by atoms with Gasteiger partial charge in [-0.1, -0.05) is 0 Å². The molecule has 2 aromatic heterocycles. The van der Waals surface area contributed by atoms with Crippen LogP contribution in [0.15, 0.2) is 24.4 Å². The zero-order valence-corrected chi connectivity index (χ0v) is 11.8. The van der Waals surface area contributed by atoms with Crippen molar-refractivity contribution in [1.29, 1.82) is 0 Å². The topological polar surface area (TPSA) is 83.7 Å². The van der Waals surface area contributed by atoms with Crippen LogP contribution in [0.3, 0.4) is 0 Å². The van der Waals surface area contributed by atoms with Crippen molar-refractivity contribution in [2.75, 3.05) is 24.2 Å². The molecule has 106 valence electrons. The quantitative estimate of drug-likeness (QED) is 0.712. The Balaban J connectivity index is 1.81. The molecule has 0 unspecified atom stereocenters. The summed E-state index contributed by atoms with van der Waals surface area (Å²) >= 11 is 0. The van der Waals surface area contributed by atoms with Gasteiger partial charge < -0.3 is 15.6 Å². The summed E-state index contributed by atoms with van der Waals surface area (Å²) in [5.41, 5.74) is 10.7. The second-order valence-corrected chi connectivity index (χ2v) is 5.42. The first-order chi connectivity index (χ1) is 10.2. The first kappa shape index (κ1) is 12.1. The van der Waals surface area contributed by atoms with E-state index in [1.165, 1.54) is 17.7 Å². The molecule has 6 nitrogen and oxygen atoms in total. The van der Waals surface area contributed by atoms with Gasteiger partial charge >= 0.3 is 0 Å². The second-order valence-electron chi connectivity index (χ2n) is 5.42. The van der Waals surface area contributed by atoms with Crippen LogP contribution in [0.5, 0.6) is 0 Å². The monoisotopic (exact) mass is 280 g/mol. The van der Waals surface area contributed by atoms with Crippen molar-refractivity contribution in [3.8, 4) is 11.4 Å². The van der Waals surface area contributed by atoms with Gasteiger partial charge in [0.2, 0.25) is 5.95 Å². The van der Waals surface area contributed by atoms with E-state index in [1.807, 2.05) is 0 Å². The maximum atomic E-state index is 5.60. The first-order valence-corrected chi connectivity index (χ1v) is 7.03. The highest BCUT2D eigenvalue weighted by atomic mass is 15.1. The summed E-state index contributed by atoms with van der Waals surface area (Å²) in [6.07, 6.45) is 3.97. The molecule has 0 atom stereocenters. The largest absolute Gasteiger partial charge is 0.374 e. The van der Waals surface area contributed by atoms with E-state index < -0.39 is 0 Å². The number of imidazole rings is 1. The molecule has 0 fully saturated rings. The Kier molecular flexibility index (Phi) is 2.57. The maximum absolute atomic E-state index is 5.60. The van der Waals surface area contributed by atoms with Crippen LogP contribution in [-0.2, 0) is 6.42 Å². The van der Waals surface area contributed by atoms with Gasteiger partial charge in [0, 0.05) is 24.8 Å². The van der Waals surface area contributed by atoms with Crippen molar-refractivity contribution < 1.29 is 0 Å². The number of benzene rings is 1. The fraction of sp³-hybridized carbons (Fsp3) is 0.267. The minimum atomic E-state index is 0.243. The Hall–Kier alpha value is -2.63. The Morgan fingerprint density at radius 3 is 3.10 bits per heavy atom. The van der Waals surface area contributed by atoms with Gasteiger partial charge in [0.15, 0.2) is 5.65 Å². The molecule has 0 amide bonds. The fourth-order valence-electron chi connectivity index (χ4n) is 2.89. The van der Waals surface area contributed by atoms with Crippen molar-refractivity contribution >= 4 is 22.8 Å². The van der Waals surface area contributed by atoms with E-state index in [1.54, 1.807) is 6.20 Å². The average Bonchev–Trinajstić information content (AvgIpc) is 2.90. The lowest BCUT2D eigenvalue weighted by molar-refractivity contribution is 0.744. The Bertz CT molecular complexity index is 822. The predicted octanol–water partition coefficient (Wildman–Crippen LogP) is 1.98. The van der Waals surface area contributed by atoms with Crippen LogP contribution in [-0.4, -0.2) is 33.5 Å². The summed E-state index contributed by atoms with van der Waals surface area (Å²) in [5, 5.41) is 0. The minimum Gasteiger partial charge on any atom is -0.374 e. The number of nitrogens with two attached hydrogens (primary N) is 1. The number of H-pyrrole nitrogens is 1. The summed E-state index contributed by atoms with van der Waals surface area (Å²) in [5.74, 6) is 1.05. The number of nitrogen functional groups attached to an aromatic ring is 1. The summed E-state index contributed by atoms with van der Waals surface area (Å²) < 4.78 is 0. The molecule has 0 saturated heterocycles. The third-order valence-corrected chi connectivity index (χ3v) is 3.96. The van der Waals surface area contributed by atoms with Crippen molar-refractivity contribution in [2.24, 2.45) is 0 Å². The molecule has 0 aliphatic carbocycles. The summed E-state index contributed by atoms with van der Waals surface area (Å²) in [4.78, 5) is 18.2. The Morgan fingerprint density at radius 1 is 1.29 bits per heavy atom. The first-order valence-electron chi connectivity index (χ1n) is 7.03. The number of hydrogen-bond donors (Lipinski definition) is 2. The van der Waals surface area contributed by atoms with Gasteiger partial charge in [-0.3, -0.25) is 0 Å². The number of aromatic amines is 1. The van der Waals surface area contributed by atoms with Gasteiger partial charge in [0.25, 0.3) is 0 Å². The van der Waals surface area contributed by atoms with Crippen LogP contribution < -0.4 is 10.6 Å². The number of aromatic nitrogens is 4. The number of nitrogens with zero attached hydrogens (tertiary/aromatic N) is 4. The van der Waals surface area contributed by atoms with Crippen LogP contribution in [0.1, 0.15) is 12.0 Å². The molecular formula is C15H16N6. The highest BCUT2D eigenvalue weighted by Gasteiger charge is 2.15. The molecule has 6 heteroatoms. The standard InChI is InChI=1S/C15H16N6/c1-21-6-2-3-9-7-10(4-5-12(9)21)13-18-11-8-17-15(16)20-14(11)19-13/h4-5,7-8H,2-3,6H2,1H3,(H3,16,17,18,19,20). The average molecular weight is 280 g/mol. The SMILES string of the molecule is CN1CCCc2cc(-c3nc4nc(N)ncc4[nH]3)ccc21. The summed E-state index contributed by atoms with van der Waals surface area (Å²) in [7, 11) is 2.14. The van der Waals surface area contributed by atoms with Crippen molar-refractivity contribution in [2.45, 2.75) is 12.8 Å². The van der Waals surface area contributed by atoms with Crippen LogP contribution in [0.2, 0.25) is 0 Å². The second kappa shape index (κ2) is 4.44. The molecular weight excluding hydrogens is 264 g/mol. The molecule has 4 rings (SSSR count). The summed E-state index contributed by atoms with van der Waals surface area (Å²) in [6, 6.07) is 6.46. The van der Waals surface area contributed by atoms with Gasteiger partial charge in [-0.05, 0) is 36.6 Å². The molecule has 21 heavy (non-hydrogen) atoms. The van der Waals surface area contributed by atoms with Crippen molar-refractivity contribution in [3.63, 3.8) is 0 Å². The van der Waals surface area contributed by atoms with E-state index in [-0.39, 0.29) is 5.95 Å². The number of rotatable bonds is 1. The Labute approximate surface area is 122 Å². The third-order valence-electron chi connectivity index (χ3n) is 3.96. The number of aryl methyl sites for hydroxylation is 1. The maximum Gasteiger partial charge on any atom is 0.222 e. The van der Waals surface area contributed by atoms with E-state index in [4.69, 9.17) is 5.73 Å². The molecule has 0 radical (unpaired) electrons. The molecule has 3 heterocycles. The molecule has 3 N–H and O–H groups in total. The lowest BCUT2D eigenvalue weighted by atomic mass is 9.99. The van der Waals surface area contributed by atoms with E-state index in [9.17, 15) is 0 Å². The van der Waals surface area contributed by atoms with Crippen LogP contribution in [0.25, 0.3) is 22.6 Å². The van der Waals surface area contributed by atoms with E-state index in [0.717, 1.165) is 29.9 Å². The number of fused-ring (bicyclic) bond motifs is 2. The van der Waals surface area contributed by atoms with Gasteiger partial charge in [0.1, 0.15) is 11.3 Å². The van der Waals surface area contributed by atoms with Crippen molar-refractivity contribution in [3.05, 3.63) is 30.0 Å². The molecule has 0 bridgehead atoms. The van der Waals surface area contributed by atoms with E-state index in [2.05, 4.69) is 50.1 Å². The summed E-state index contributed by atoms with van der Waals surface area (Å²) in [6.45, 7) is 1.12. The van der Waals surface area contributed by atoms with Crippen LogP contribution in [0.4, 0.5) is 11.6 Å². The lowest BCUT2D eigenvalue weighted by Crippen LogP contribution is -2.24. The highest BCUT2D eigenvalue weighted by molar-refractivity contribution is 5.77. The molecule has 0 saturated carbocycles.